The van der Waals surface area contributed by atoms with Gasteiger partial charge in [-0.05, 0) is 35.8 Å². The minimum absolute atomic E-state index is 0.322. The van der Waals surface area contributed by atoms with Crippen molar-refractivity contribution in [2.75, 3.05) is 0 Å². The summed E-state index contributed by atoms with van der Waals surface area (Å²) in [5.74, 6) is 0. The zero-order valence-corrected chi connectivity index (χ0v) is 10.3. The van der Waals surface area contributed by atoms with E-state index in [0.29, 0.717) is 5.41 Å². The molecule has 0 radical (unpaired) electrons. The fourth-order valence-electron chi connectivity index (χ4n) is 2.62. The molecule has 2 aromatic rings. The van der Waals surface area contributed by atoms with Crippen LogP contribution in [0, 0.1) is 0 Å². The van der Waals surface area contributed by atoms with E-state index in [1.54, 1.807) is 0 Å². The SMILES string of the molecule is O=Cc1ccc(C2(Cc3ccccc3)CC2)cc1. The van der Waals surface area contributed by atoms with Crippen molar-refractivity contribution >= 4 is 6.29 Å². The molecule has 3 rings (SSSR count). The average Bonchev–Trinajstić information content (AvgIpc) is 3.21. The molecule has 18 heavy (non-hydrogen) atoms. The van der Waals surface area contributed by atoms with Gasteiger partial charge in [-0.2, -0.15) is 0 Å². The fraction of sp³-hybridized carbons (Fsp3) is 0.235. The molecule has 0 bridgehead atoms. The van der Waals surface area contributed by atoms with Crippen LogP contribution in [0.5, 0.6) is 0 Å². The van der Waals surface area contributed by atoms with Crippen LogP contribution in [0.2, 0.25) is 0 Å². The summed E-state index contributed by atoms with van der Waals surface area (Å²) in [7, 11) is 0. The molecule has 1 aliphatic carbocycles. The third-order valence-electron chi connectivity index (χ3n) is 3.90. The Labute approximate surface area is 107 Å². The van der Waals surface area contributed by atoms with Crippen LogP contribution in [-0.4, -0.2) is 6.29 Å². The Morgan fingerprint density at radius 3 is 2.17 bits per heavy atom. The first-order valence-corrected chi connectivity index (χ1v) is 6.42. The summed E-state index contributed by atoms with van der Waals surface area (Å²) < 4.78 is 0. The van der Waals surface area contributed by atoms with Crippen LogP contribution in [0.4, 0.5) is 0 Å². The van der Waals surface area contributed by atoms with Gasteiger partial charge in [0.2, 0.25) is 0 Å². The minimum atomic E-state index is 0.322. The van der Waals surface area contributed by atoms with Crippen molar-refractivity contribution in [3.05, 3.63) is 71.3 Å². The lowest BCUT2D eigenvalue weighted by molar-refractivity contribution is 0.112. The summed E-state index contributed by atoms with van der Waals surface area (Å²) in [5.41, 5.74) is 3.85. The van der Waals surface area contributed by atoms with Crippen molar-refractivity contribution in [3.63, 3.8) is 0 Å². The van der Waals surface area contributed by atoms with Gasteiger partial charge in [0.15, 0.2) is 0 Å². The van der Waals surface area contributed by atoms with E-state index in [1.807, 2.05) is 12.1 Å². The van der Waals surface area contributed by atoms with Crippen molar-refractivity contribution < 1.29 is 4.79 Å². The van der Waals surface area contributed by atoms with Gasteiger partial charge < -0.3 is 0 Å². The van der Waals surface area contributed by atoms with Gasteiger partial charge in [0.05, 0.1) is 0 Å². The summed E-state index contributed by atoms with van der Waals surface area (Å²) in [4.78, 5) is 10.7. The van der Waals surface area contributed by atoms with Crippen LogP contribution in [0.25, 0.3) is 0 Å². The number of hydrogen-bond donors (Lipinski definition) is 0. The number of hydrogen-bond acceptors (Lipinski definition) is 1. The molecule has 0 heterocycles. The molecule has 1 saturated carbocycles. The van der Waals surface area contributed by atoms with Crippen LogP contribution < -0.4 is 0 Å². The highest BCUT2D eigenvalue weighted by Crippen LogP contribution is 2.50. The van der Waals surface area contributed by atoms with E-state index in [-0.39, 0.29) is 0 Å². The predicted octanol–water partition coefficient (Wildman–Crippen LogP) is 3.77. The van der Waals surface area contributed by atoms with E-state index < -0.39 is 0 Å². The quantitative estimate of drug-likeness (QED) is 0.738. The van der Waals surface area contributed by atoms with Crippen LogP contribution in [0.3, 0.4) is 0 Å². The van der Waals surface area contributed by atoms with Gasteiger partial charge in [0, 0.05) is 5.56 Å². The fourth-order valence-corrected chi connectivity index (χ4v) is 2.62. The first-order chi connectivity index (χ1) is 8.82. The van der Waals surface area contributed by atoms with Crippen molar-refractivity contribution in [1.29, 1.82) is 0 Å². The lowest BCUT2D eigenvalue weighted by atomic mass is 9.88. The highest BCUT2D eigenvalue weighted by Gasteiger charge is 2.43. The van der Waals surface area contributed by atoms with Gasteiger partial charge in [-0.25, -0.2) is 0 Å². The molecule has 0 unspecified atom stereocenters. The van der Waals surface area contributed by atoms with Gasteiger partial charge in [-0.15, -0.1) is 0 Å². The molecule has 0 amide bonds. The summed E-state index contributed by atoms with van der Waals surface area (Å²) in [6.45, 7) is 0. The molecular weight excluding hydrogens is 220 g/mol. The Kier molecular flexibility index (Phi) is 2.75. The summed E-state index contributed by atoms with van der Waals surface area (Å²) >= 11 is 0. The first kappa shape index (κ1) is 11.2. The maximum Gasteiger partial charge on any atom is 0.150 e. The third-order valence-corrected chi connectivity index (χ3v) is 3.90. The van der Waals surface area contributed by atoms with Crippen molar-refractivity contribution in [2.45, 2.75) is 24.7 Å². The molecule has 0 atom stereocenters. The first-order valence-electron chi connectivity index (χ1n) is 6.42. The third kappa shape index (κ3) is 2.08. The molecule has 1 heteroatoms. The van der Waals surface area contributed by atoms with E-state index in [1.165, 1.54) is 24.0 Å². The largest absolute Gasteiger partial charge is 0.298 e. The average molecular weight is 236 g/mol. The lowest BCUT2D eigenvalue weighted by Crippen LogP contribution is -2.10. The number of carbonyl (C=O) groups is 1. The van der Waals surface area contributed by atoms with Gasteiger partial charge in [-0.1, -0.05) is 54.6 Å². The molecular formula is C17H16O. The highest BCUT2D eigenvalue weighted by atomic mass is 16.1. The van der Waals surface area contributed by atoms with E-state index in [2.05, 4.69) is 42.5 Å². The molecule has 1 nitrogen and oxygen atoms in total. The molecule has 0 saturated heterocycles. The molecule has 0 aromatic heterocycles. The number of carbonyl (C=O) groups excluding carboxylic acids is 1. The Morgan fingerprint density at radius 2 is 1.61 bits per heavy atom. The Balaban J connectivity index is 1.84. The monoisotopic (exact) mass is 236 g/mol. The summed E-state index contributed by atoms with van der Waals surface area (Å²) in [6, 6.07) is 18.7. The van der Waals surface area contributed by atoms with Gasteiger partial charge in [0.25, 0.3) is 0 Å². The molecule has 0 aliphatic heterocycles. The maximum atomic E-state index is 10.7. The van der Waals surface area contributed by atoms with Crippen molar-refractivity contribution in [3.8, 4) is 0 Å². The van der Waals surface area contributed by atoms with E-state index in [0.717, 1.165) is 18.3 Å². The Morgan fingerprint density at radius 1 is 0.944 bits per heavy atom. The number of aldehydes is 1. The topological polar surface area (TPSA) is 17.1 Å². The van der Waals surface area contributed by atoms with Gasteiger partial charge in [0.1, 0.15) is 6.29 Å². The standard InChI is InChI=1S/C17H16O/c18-13-15-6-8-16(9-7-15)17(10-11-17)12-14-4-2-1-3-5-14/h1-9,13H,10-12H2. The maximum absolute atomic E-state index is 10.7. The summed E-state index contributed by atoms with van der Waals surface area (Å²) in [6.07, 6.45) is 4.51. The molecule has 2 aromatic carbocycles. The lowest BCUT2D eigenvalue weighted by Gasteiger charge is -2.16. The van der Waals surface area contributed by atoms with E-state index in [9.17, 15) is 4.79 Å². The molecule has 90 valence electrons. The molecule has 0 spiro atoms. The number of rotatable bonds is 4. The van der Waals surface area contributed by atoms with Crippen LogP contribution in [0.1, 0.15) is 34.3 Å². The van der Waals surface area contributed by atoms with Crippen molar-refractivity contribution in [1.82, 2.24) is 0 Å². The Bertz CT molecular complexity index is 536. The van der Waals surface area contributed by atoms with Crippen LogP contribution in [-0.2, 0) is 11.8 Å². The van der Waals surface area contributed by atoms with E-state index >= 15 is 0 Å². The Hall–Kier alpha value is -1.89. The normalized spacial score (nSPS) is 16.2. The summed E-state index contributed by atoms with van der Waals surface area (Å²) in [5, 5.41) is 0. The number of benzene rings is 2. The second-order valence-electron chi connectivity index (χ2n) is 5.18. The zero-order valence-electron chi connectivity index (χ0n) is 10.3. The van der Waals surface area contributed by atoms with Crippen molar-refractivity contribution in [2.24, 2.45) is 0 Å². The van der Waals surface area contributed by atoms with Crippen LogP contribution in [0.15, 0.2) is 54.6 Å². The highest BCUT2D eigenvalue weighted by molar-refractivity contribution is 5.74. The second kappa shape index (κ2) is 4.41. The van der Waals surface area contributed by atoms with Gasteiger partial charge >= 0.3 is 0 Å². The van der Waals surface area contributed by atoms with Gasteiger partial charge in [-0.3, -0.25) is 4.79 Å². The second-order valence-corrected chi connectivity index (χ2v) is 5.18. The zero-order chi connectivity index (χ0) is 12.4. The molecule has 1 aliphatic rings. The minimum Gasteiger partial charge on any atom is -0.298 e. The smallest absolute Gasteiger partial charge is 0.150 e. The van der Waals surface area contributed by atoms with Crippen LogP contribution >= 0.6 is 0 Å². The van der Waals surface area contributed by atoms with E-state index in [4.69, 9.17) is 0 Å². The molecule has 1 fully saturated rings. The predicted molar refractivity (Wildman–Crippen MR) is 72.9 cm³/mol. The molecule has 0 N–H and O–H groups in total.